The Morgan fingerprint density at radius 2 is 1.87 bits per heavy atom. The van der Waals surface area contributed by atoms with E-state index >= 15 is 0 Å². The molecule has 4 N–H and O–H groups in total. The fourth-order valence-corrected chi connectivity index (χ4v) is 3.24. The number of hydrogen-bond acceptors (Lipinski definition) is 8. The smallest absolute Gasteiger partial charge is 0.364 e. The average Bonchev–Trinajstić information content (AvgIpc) is 2.71. The Morgan fingerprint density at radius 3 is 2.47 bits per heavy atom. The summed E-state index contributed by atoms with van der Waals surface area (Å²) in [5.74, 6) is 0.570. The van der Waals surface area contributed by atoms with Crippen LogP contribution >= 0.6 is 0 Å². The number of alkyl halides is 3. The van der Waals surface area contributed by atoms with Crippen molar-refractivity contribution in [3.05, 3.63) is 45.9 Å². The summed E-state index contributed by atoms with van der Waals surface area (Å²) in [5.41, 5.74) is 5.16. The summed E-state index contributed by atoms with van der Waals surface area (Å²) in [5, 5.41) is 17.1. The molecule has 30 heavy (non-hydrogen) atoms. The molecule has 1 aliphatic rings. The Labute approximate surface area is 170 Å². The predicted octanol–water partition coefficient (Wildman–Crippen LogP) is 3.34. The van der Waals surface area contributed by atoms with Gasteiger partial charge in [0.05, 0.1) is 4.92 Å². The van der Waals surface area contributed by atoms with Gasteiger partial charge in [-0.25, -0.2) is 4.98 Å². The van der Waals surface area contributed by atoms with Gasteiger partial charge >= 0.3 is 11.9 Å². The quantitative estimate of drug-likeness (QED) is 0.455. The van der Waals surface area contributed by atoms with E-state index in [-0.39, 0.29) is 30.0 Å². The van der Waals surface area contributed by atoms with Crippen LogP contribution in [0.4, 0.5) is 30.6 Å². The van der Waals surface area contributed by atoms with Crippen molar-refractivity contribution in [2.75, 3.05) is 17.2 Å². The second kappa shape index (κ2) is 9.20. The van der Waals surface area contributed by atoms with Gasteiger partial charge in [-0.1, -0.05) is 6.07 Å². The van der Waals surface area contributed by atoms with Crippen LogP contribution in [-0.2, 0) is 12.7 Å². The molecule has 0 aromatic carbocycles. The molecule has 9 nitrogen and oxygen atoms in total. The van der Waals surface area contributed by atoms with E-state index in [1.807, 2.05) is 0 Å². The second-order valence-electron chi connectivity index (χ2n) is 7.25. The van der Waals surface area contributed by atoms with Gasteiger partial charge in [-0.15, -0.1) is 0 Å². The third kappa shape index (κ3) is 5.75. The van der Waals surface area contributed by atoms with Gasteiger partial charge < -0.3 is 16.4 Å². The molecule has 12 heteroatoms. The molecule has 1 aliphatic carbocycles. The first kappa shape index (κ1) is 21.7. The minimum absolute atomic E-state index is 0.0953. The minimum Gasteiger partial charge on any atom is -0.364 e. The number of halogens is 3. The molecule has 0 radical (unpaired) electrons. The lowest BCUT2D eigenvalue weighted by molar-refractivity contribution is -0.384. The number of aromatic nitrogens is 3. The van der Waals surface area contributed by atoms with E-state index in [0.29, 0.717) is 18.0 Å². The van der Waals surface area contributed by atoms with Crippen LogP contribution in [0.3, 0.4) is 0 Å². The van der Waals surface area contributed by atoms with Crippen molar-refractivity contribution in [2.45, 2.75) is 44.4 Å². The SMILES string of the molecule is N[C@H]1CC[C@H](CNc2nc(NCc3ccc(C(F)(F)F)nc3)ncc2[N+](=O)[O-])CC1. The number of hydrogen-bond donors (Lipinski definition) is 3. The molecule has 2 heterocycles. The number of nitrogens with zero attached hydrogens (tertiary/aromatic N) is 4. The molecule has 3 rings (SSSR count). The van der Waals surface area contributed by atoms with Crippen molar-refractivity contribution in [3.63, 3.8) is 0 Å². The summed E-state index contributed by atoms with van der Waals surface area (Å²) < 4.78 is 37.7. The monoisotopic (exact) mass is 425 g/mol. The average molecular weight is 425 g/mol. The second-order valence-corrected chi connectivity index (χ2v) is 7.25. The first-order valence-electron chi connectivity index (χ1n) is 9.49. The first-order chi connectivity index (χ1) is 14.2. The van der Waals surface area contributed by atoms with Crippen molar-refractivity contribution in [3.8, 4) is 0 Å². The third-order valence-electron chi connectivity index (χ3n) is 4.98. The van der Waals surface area contributed by atoms with Crippen molar-refractivity contribution in [1.82, 2.24) is 15.0 Å². The maximum Gasteiger partial charge on any atom is 0.433 e. The number of nitro groups is 1. The first-order valence-corrected chi connectivity index (χ1v) is 9.49. The van der Waals surface area contributed by atoms with E-state index < -0.39 is 16.8 Å². The van der Waals surface area contributed by atoms with Gasteiger partial charge in [-0.3, -0.25) is 15.1 Å². The van der Waals surface area contributed by atoms with Gasteiger partial charge in [0.2, 0.25) is 11.8 Å². The predicted molar refractivity (Wildman–Crippen MR) is 104 cm³/mol. The lowest BCUT2D eigenvalue weighted by Crippen LogP contribution is -2.29. The Balaban J connectivity index is 1.64. The number of rotatable bonds is 7. The van der Waals surface area contributed by atoms with Crippen molar-refractivity contribution in [2.24, 2.45) is 11.7 Å². The zero-order valence-corrected chi connectivity index (χ0v) is 16.0. The Kier molecular flexibility index (Phi) is 6.65. The summed E-state index contributed by atoms with van der Waals surface area (Å²) in [6.45, 7) is 0.649. The topological polar surface area (TPSA) is 132 Å². The van der Waals surface area contributed by atoms with E-state index in [1.165, 1.54) is 6.07 Å². The van der Waals surface area contributed by atoms with E-state index in [9.17, 15) is 23.3 Å². The van der Waals surface area contributed by atoms with E-state index in [2.05, 4.69) is 25.6 Å². The summed E-state index contributed by atoms with van der Waals surface area (Å²) in [7, 11) is 0. The number of nitrogens with one attached hydrogen (secondary N) is 2. The highest BCUT2D eigenvalue weighted by atomic mass is 19.4. The lowest BCUT2D eigenvalue weighted by Gasteiger charge is -2.26. The van der Waals surface area contributed by atoms with Gasteiger partial charge in [0.25, 0.3) is 0 Å². The number of nitrogens with two attached hydrogens (primary N) is 1. The van der Waals surface area contributed by atoms with Crippen molar-refractivity contribution in [1.29, 1.82) is 0 Å². The Hall–Kier alpha value is -3.02. The van der Waals surface area contributed by atoms with Crippen LogP contribution in [0.1, 0.15) is 36.9 Å². The zero-order valence-electron chi connectivity index (χ0n) is 16.0. The summed E-state index contributed by atoms with van der Waals surface area (Å²) in [6, 6.07) is 2.39. The number of pyridine rings is 1. The molecule has 0 atom stereocenters. The molecule has 2 aromatic rings. The van der Waals surface area contributed by atoms with Crippen molar-refractivity contribution >= 4 is 17.5 Å². The molecular weight excluding hydrogens is 403 g/mol. The molecule has 1 saturated carbocycles. The standard InChI is InChI=1S/C18H22F3N7O2/c19-18(20,21)15-6-3-12(8-23-15)9-25-17-26-10-14(28(29)30)16(27-17)24-7-11-1-4-13(22)5-2-11/h3,6,8,10-11,13H,1-2,4-5,7,9,22H2,(H2,24,25,26,27)/t11-,13-. The summed E-state index contributed by atoms with van der Waals surface area (Å²) >= 11 is 0. The fourth-order valence-electron chi connectivity index (χ4n) is 3.24. The largest absolute Gasteiger partial charge is 0.433 e. The Morgan fingerprint density at radius 1 is 1.13 bits per heavy atom. The molecular formula is C18H22F3N7O2. The maximum absolute atomic E-state index is 12.6. The maximum atomic E-state index is 12.6. The minimum atomic E-state index is -4.50. The lowest BCUT2D eigenvalue weighted by atomic mass is 9.86. The highest BCUT2D eigenvalue weighted by molar-refractivity contribution is 5.57. The zero-order chi connectivity index (χ0) is 21.7. The molecule has 0 spiro atoms. The molecule has 0 bridgehead atoms. The van der Waals surface area contributed by atoms with Gasteiger partial charge in [-0.05, 0) is 43.2 Å². The molecule has 1 fully saturated rings. The van der Waals surface area contributed by atoms with Crippen LogP contribution in [0.5, 0.6) is 0 Å². The van der Waals surface area contributed by atoms with Gasteiger partial charge in [-0.2, -0.15) is 18.2 Å². The van der Waals surface area contributed by atoms with Crippen LogP contribution in [0.2, 0.25) is 0 Å². The van der Waals surface area contributed by atoms with Crippen LogP contribution in [-0.4, -0.2) is 32.5 Å². The van der Waals surface area contributed by atoms with Gasteiger partial charge in [0.15, 0.2) is 0 Å². The molecule has 2 aromatic heterocycles. The van der Waals surface area contributed by atoms with E-state index in [4.69, 9.17) is 5.73 Å². The van der Waals surface area contributed by atoms with Crippen LogP contribution < -0.4 is 16.4 Å². The van der Waals surface area contributed by atoms with Crippen molar-refractivity contribution < 1.29 is 18.1 Å². The molecule has 0 unspecified atom stereocenters. The third-order valence-corrected chi connectivity index (χ3v) is 4.98. The summed E-state index contributed by atoms with van der Waals surface area (Å²) in [6.07, 6.45) is 1.43. The Bertz CT molecular complexity index is 869. The van der Waals surface area contributed by atoms with Gasteiger partial charge in [0.1, 0.15) is 11.9 Å². The summed E-state index contributed by atoms with van der Waals surface area (Å²) in [4.78, 5) is 22.2. The van der Waals surface area contributed by atoms with Crippen LogP contribution in [0.15, 0.2) is 24.5 Å². The molecule has 0 amide bonds. The normalized spacial score (nSPS) is 19.3. The fraction of sp³-hybridized carbons (Fsp3) is 0.500. The highest BCUT2D eigenvalue weighted by Gasteiger charge is 2.32. The van der Waals surface area contributed by atoms with E-state index in [1.54, 1.807) is 0 Å². The molecule has 162 valence electrons. The molecule has 0 aliphatic heterocycles. The molecule has 0 saturated heterocycles. The van der Waals surface area contributed by atoms with Gasteiger partial charge in [0, 0.05) is 25.3 Å². The van der Waals surface area contributed by atoms with Crippen LogP contribution in [0, 0.1) is 16.0 Å². The number of anilines is 2. The van der Waals surface area contributed by atoms with Crippen LogP contribution in [0.25, 0.3) is 0 Å². The van der Waals surface area contributed by atoms with E-state index in [0.717, 1.165) is 44.1 Å². The highest BCUT2D eigenvalue weighted by Crippen LogP contribution is 2.28.